The predicted octanol–water partition coefficient (Wildman–Crippen LogP) is 0.392. The number of hydrogen-bond donors (Lipinski definition) is 1. The molecule has 1 aromatic heterocycles. The molecule has 0 aromatic carbocycles. The molecule has 0 bridgehead atoms. The molecule has 3 heterocycles. The Balaban J connectivity index is 1.45. The topological polar surface area (TPSA) is 73.1 Å². The van der Waals surface area contributed by atoms with Crippen LogP contribution in [0.5, 0.6) is 0 Å². The molecular weight excluding hydrogens is 308 g/mol. The molecular formula is C17H28N4O3. The van der Waals surface area contributed by atoms with E-state index in [4.69, 9.17) is 4.52 Å². The lowest BCUT2D eigenvalue weighted by Gasteiger charge is -2.36. The van der Waals surface area contributed by atoms with Gasteiger partial charge in [0, 0.05) is 44.8 Å². The number of carbonyl (C=O) groups excluding carboxylic acids is 1. The lowest BCUT2D eigenvalue weighted by Crippen LogP contribution is -2.52. The van der Waals surface area contributed by atoms with E-state index < -0.39 is 0 Å². The second kappa shape index (κ2) is 7.63. The Labute approximate surface area is 143 Å². The van der Waals surface area contributed by atoms with E-state index in [2.05, 4.69) is 15.0 Å². The maximum absolute atomic E-state index is 12.5. The van der Waals surface area contributed by atoms with Gasteiger partial charge in [0.15, 0.2) is 0 Å². The van der Waals surface area contributed by atoms with Crippen LogP contribution in [0.15, 0.2) is 4.52 Å². The van der Waals surface area contributed by atoms with Crippen molar-refractivity contribution in [2.45, 2.75) is 39.3 Å². The van der Waals surface area contributed by atoms with Crippen molar-refractivity contribution in [2.24, 2.45) is 0 Å². The summed E-state index contributed by atoms with van der Waals surface area (Å²) in [7, 11) is 0. The molecule has 2 aliphatic heterocycles. The number of β-amino-alcohol motifs (C(OH)–C–C–N with tert-alkyl or cyclic N) is 1. The van der Waals surface area contributed by atoms with Crippen molar-refractivity contribution in [1.29, 1.82) is 0 Å². The molecule has 0 aliphatic carbocycles. The van der Waals surface area contributed by atoms with Crippen LogP contribution in [0.1, 0.15) is 29.9 Å². The van der Waals surface area contributed by atoms with Gasteiger partial charge in [0.25, 0.3) is 0 Å². The first-order chi connectivity index (χ1) is 11.5. The largest absolute Gasteiger partial charge is 0.392 e. The van der Waals surface area contributed by atoms with Crippen LogP contribution in [0.2, 0.25) is 0 Å². The van der Waals surface area contributed by atoms with E-state index in [1.165, 1.54) is 0 Å². The summed E-state index contributed by atoms with van der Waals surface area (Å²) >= 11 is 0. The maximum atomic E-state index is 12.5. The number of carbonyl (C=O) groups is 1. The molecule has 0 spiro atoms. The highest BCUT2D eigenvalue weighted by atomic mass is 16.5. The van der Waals surface area contributed by atoms with Gasteiger partial charge in [0.05, 0.1) is 18.3 Å². The summed E-state index contributed by atoms with van der Waals surface area (Å²) < 4.78 is 5.22. The molecule has 1 atom stereocenters. The minimum atomic E-state index is -0.279. The molecule has 134 valence electrons. The SMILES string of the molecule is Cc1noc(C)c1CN1CCN(C(=O)CN2CCC[C@@H](O)C2)CC1. The molecule has 7 heteroatoms. The fourth-order valence-corrected chi connectivity index (χ4v) is 3.57. The first-order valence-corrected chi connectivity index (χ1v) is 8.85. The van der Waals surface area contributed by atoms with Gasteiger partial charge in [-0.05, 0) is 33.2 Å². The van der Waals surface area contributed by atoms with Gasteiger partial charge in [-0.3, -0.25) is 14.6 Å². The maximum Gasteiger partial charge on any atom is 0.236 e. The number of aromatic nitrogens is 1. The molecule has 1 amide bonds. The highest BCUT2D eigenvalue weighted by Crippen LogP contribution is 2.16. The molecule has 2 saturated heterocycles. The Morgan fingerprint density at radius 1 is 1.21 bits per heavy atom. The van der Waals surface area contributed by atoms with Crippen LogP contribution in [-0.4, -0.2) is 82.8 Å². The number of piperazine rings is 1. The van der Waals surface area contributed by atoms with Crippen LogP contribution in [0.25, 0.3) is 0 Å². The van der Waals surface area contributed by atoms with Crippen LogP contribution in [0.4, 0.5) is 0 Å². The average molecular weight is 336 g/mol. The quantitative estimate of drug-likeness (QED) is 0.858. The number of aryl methyl sites for hydroxylation is 2. The van der Waals surface area contributed by atoms with Crippen molar-refractivity contribution in [3.8, 4) is 0 Å². The normalized spacial score (nSPS) is 23.6. The standard InChI is InChI=1S/C17H28N4O3/c1-13-16(14(2)24-18-13)11-19-6-8-21(9-7-19)17(23)12-20-5-3-4-15(22)10-20/h15,22H,3-12H2,1-2H3/t15-/m1/s1. The predicted molar refractivity (Wildman–Crippen MR) is 89.5 cm³/mol. The minimum absolute atomic E-state index is 0.182. The Hall–Kier alpha value is -1.44. The first kappa shape index (κ1) is 17.4. The van der Waals surface area contributed by atoms with E-state index in [1.807, 2.05) is 18.7 Å². The van der Waals surface area contributed by atoms with Crippen LogP contribution >= 0.6 is 0 Å². The number of aliphatic hydroxyl groups excluding tert-OH is 1. The molecule has 1 N–H and O–H groups in total. The zero-order valence-corrected chi connectivity index (χ0v) is 14.7. The van der Waals surface area contributed by atoms with Crippen LogP contribution in [-0.2, 0) is 11.3 Å². The van der Waals surface area contributed by atoms with Crippen LogP contribution in [0.3, 0.4) is 0 Å². The van der Waals surface area contributed by atoms with Crippen LogP contribution in [0, 0.1) is 13.8 Å². The van der Waals surface area contributed by atoms with E-state index in [9.17, 15) is 9.90 Å². The van der Waals surface area contributed by atoms with Crippen LogP contribution < -0.4 is 0 Å². The van der Waals surface area contributed by atoms with Crippen molar-refractivity contribution in [2.75, 3.05) is 45.8 Å². The Bertz CT molecular complexity index is 547. The van der Waals surface area contributed by atoms with Crippen molar-refractivity contribution in [3.05, 3.63) is 17.0 Å². The number of amides is 1. The summed E-state index contributed by atoms with van der Waals surface area (Å²) in [5.74, 6) is 1.07. The van der Waals surface area contributed by atoms with E-state index >= 15 is 0 Å². The molecule has 0 radical (unpaired) electrons. The zero-order chi connectivity index (χ0) is 17.1. The van der Waals surface area contributed by atoms with E-state index in [1.54, 1.807) is 0 Å². The Morgan fingerprint density at radius 3 is 2.58 bits per heavy atom. The number of hydrogen-bond acceptors (Lipinski definition) is 6. The fraction of sp³-hybridized carbons (Fsp3) is 0.765. The van der Waals surface area contributed by atoms with E-state index in [0.717, 1.165) is 69.1 Å². The number of likely N-dealkylation sites (tertiary alicyclic amines) is 1. The van der Waals surface area contributed by atoms with Gasteiger partial charge >= 0.3 is 0 Å². The average Bonchev–Trinajstić information content (AvgIpc) is 2.87. The lowest BCUT2D eigenvalue weighted by molar-refractivity contribution is -0.134. The molecule has 2 fully saturated rings. The zero-order valence-electron chi connectivity index (χ0n) is 14.7. The second-order valence-electron chi connectivity index (χ2n) is 6.99. The summed E-state index contributed by atoms with van der Waals surface area (Å²) in [6.45, 7) is 9.99. The summed E-state index contributed by atoms with van der Waals surface area (Å²) in [6.07, 6.45) is 1.54. The molecule has 1 aromatic rings. The molecule has 24 heavy (non-hydrogen) atoms. The third-order valence-electron chi connectivity index (χ3n) is 5.13. The third-order valence-corrected chi connectivity index (χ3v) is 5.13. The van der Waals surface area contributed by atoms with Crippen molar-refractivity contribution in [1.82, 2.24) is 19.9 Å². The number of aliphatic hydroxyl groups is 1. The van der Waals surface area contributed by atoms with Gasteiger partial charge in [0.1, 0.15) is 5.76 Å². The van der Waals surface area contributed by atoms with E-state index in [0.29, 0.717) is 13.1 Å². The summed E-state index contributed by atoms with van der Waals surface area (Å²) in [6, 6.07) is 0. The highest BCUT2D eigenvalue weighted by Gasteiger charge is 2.26. The van der Waals surface area contributed by atoms with Gasteiger partial charge in [-0.15, -0.1) is 0 Å². The number of nitrogens with zero attached hydrogens (tertiary/aromatic N) is 4. The monoisotopic (exact) mass is 336 g/mol. The fourth-order valence-electron chi connectivity index (χ4n) is 3.57. The van der Waals surface area contributed by atoms with Gasteiger partial charge < -0.3 is 14.5 Å². The molecule has 0 unspecified atom stereocenters. The summed E-state index contributed by atoms with van der Waals surface area (Å²) in [5.41, 5.74) is 2.12. The molecule has 0 saturated carbocycles. The third kappa shape index (κ3) is 4.15. The van der Waals surface area contributed by atoms with Crippen molar-refractivity contribution in [3.63, 3.8) is 0 Å². The van der Waals surface area contributed by atoms with Gasteiger partial charge in [0.2, 0.25) is 5.91 Å². The first-order valence-electron chi connectivity index (χ1n) is 8.85. The Morgan fingerprint density at radius 2 is 1.96 bits per heavy atom. The summed E-state index contributed by atoms with van der Waals surface area (Å²) in [5, 5.41) is 13.7. The van der Waals surface area contributed by atoms with Gasteiger partial charge in [-0.25, -0.2) is 0 Å². The van der Waals surface area contributed by atoms with Crippen molar-refractivity contribution < 1.29 is 14.4 Å². The number of rotatable bonds is 4. The minimum Gasteiger partial charge on any atom is -0.392 e. The Kier molecular flexibility index (Phi) is 5.53. The smallest absolute Gasteiger partial charge is 0.236 e. The van der Waals surface area contributed by atoms with Gasteiger partial charge in [-0.1, -0.05) is 5.16 Å². The molecule has 7 nitrogen and oxygen atoms in total. The lowest BCUT2D eigenvalue weighted by atomic mass is 10.1. The van der Waals surface area contributed by atoms with Gasteiger partial charge in [-0.2, -0.15) is 0 Å². The number of piperidine rings is 1. The second-order valence-corrected chi connectivity index (χ2v) is 6.99. The highest BCUT2D eigenvalue weighted by molar-refractivity contribution is 5.78. The summed E-state index contributed by atoms with van der Waals surface area (Å²) in [4.78, 5) is 18.8. The van der Waals surface area contributed by atoms with E-state index in [-0.39, 0.29) is 12.0 Å². The van der Waals surface area contributed by atoms with Crippen molar-refractivity contribution >= 4 is 5.91 Å². The molecule has 3 rings (SSSR count). The molecule has 2 aliphatic rings.